The third-order valence-corrected chi connectivity index (χ3v) is 6.06. The molecule has 0 bridgehead atoms. The molecule has 8 nitrogen and oxygen atoms in total. The van der Waals surface area contributed by atoms with E-state index in [4.69, 9.17) is 22.1 Å². The van der Waals surface area contributed by atoms with Gasteiger partial charge in [-0.3, -0.25) is 9.52 Å². The molecule has 11 heteroatoms. The SMILES string of the molecule is C=CC(c1cccc(Cl)c1CN)S(=O)(=O)Nc1nc(COC(C)=O)ns1. The fraction of sp³-hybridized carbons (Fsp3) is 0.267. The maximum absolute atomic E-state index is 12.8. The summed E-state index contributed by atoms with van der Waals surface area (Å²) in [5.74, 6) is -0.285. The molecule has 0 fully saturated rings. The number of sulfonamides is 1. The topological polar surface area (TPSA) is 124 Å². The Morgan fingerprint density at radius 3 is 2.88 bits per heavy atom. The first-order valence-electron chi connectivity index (χ1n) is 7.36. The summed E-state index contributed by atoms with van der Waals surface area (Å²) in [6.45, 7) is 4.81. The average Bonchev–Trinajstić information content (AvgIpc) is 3.00. The molecule has 0 amide bonds. The second kappa shape index (κ2) is 8.58. The number of nitrogens with one attached hydrogen (secondary N) is 1. The molecule has 0 saturated carbocycles. The molecule has 1 heterocycles. The van der Waals surface area contributed by atoms with E-state index in [2.05, 4.69) is 20.7 Å². The minimum absolute atomic E-state index is 0.0512. The number of esters is 1. The Morgan fingerprint density at radius 1 is 1.54 bits per heavy atom. The maximum Gasteiger partial charge on any atom is 0.303 e. The molecule has 2 aromatic rings. The zero-order valence-corrected chi connectivity index (χ0v) is 16.2. The molecule has 0 spiro atoms. The van der Waals surface area contributed by atoms with Gasteiger partial charge in [-0.25, -0.2) is 8.42 Å². The van der Waals surface area contributed by atoms with Crippen molar-refractivity contribution in [1.29, 1.82) is 0 Å². The fourth-order valence-electron chi connectivity index (χ4n) is 2.18. The molecule has 140 valence electrons. The molecule has 0 saturated heterocycles. The third kappa shape index (κ3) is 4.79. The van der Waals surface area contributed by atoms with Crippen LogP contribution in [-0.2, 0) is 32.7 Å². The van der Waals surface area contributed by atoms with Crippen molar-refractivity contribution in [2.75, 3.05) is 4.72 Å². The quantitative estimate of drug-likeness (QED) is 0.500. The Kier molecular flexibility index (Phi) is 6.70. The number of nitrogens with zero attached hydrogens (tertiary/aromatic N) is 2. The average molecular weight is 417 g/mol. The normalized spacial score (nSPS) is 12.4. The predicted molar refractivity (Wildman–Crippen MR) is 100 cm³/mol. The van der Waals surface area contributed by atoms with Gasteiger partial charge >= 0.3 is 5.97 Å². The summed E-state index contributed by atoms with van der Waals surface area (Å²) in [4.78, 5) is 14.8. The lowest BCUT2D eigenvalue weighted by atomic mass is 10.0. The number of benzene rings is 1. The summed E-state index contributed by atoms with van der Waals surface area (Å²) >= 11 is 6.95. The molecule has 1 unspecified atom stereocenters. The number of carbonyl (C=O) groups is 1. The van der Waals surface area contributed by atoms with Gasteiger partial charge in [-0.05, 0) is 17.2 Å². The predicted octanol–water partition coefficient (Wildman–Crippen LogP) is 2.38. The molecule has 0 aliphatic carbocycles. The Balaban J connectivity index is 2.27. The van der Waals surface area contributed by atoms with Crippen LogP contribution in [0, 0.1) is 0 Å². The summed E-state index contributed by atoms with van der Waals surface area (Å²) in [5.41, 5.74) is 6.67. The van der Waals surface area contributed by atoms with Crippen LogP contribution < -0.4 is 10.5 Å². The van der Waals surface area contributed by atoms with E-state index in [1.165, 1.54) is 13.0 Å². The van der Waals surface area contributed by atoms with Gasteiger partial charge in [0.1, 0.15) is 5.25 Å². The van der Waals surface area contributed by atoms with E-state index in [-0.39, 0.29) is 24.1 Å². The van der Waals surface area contributed by atoms with Crippen LogP contribution in [0.3, 0.4) is 0 Å². The first kappa shape index (κ1) is 20.3. The van der Waals surface area contributed by atoms with E-state index in [9.17, 15) is 13.2 Å². The van der Waals surface area contributed by atoms with E-state index in [1.54, 1.807) is 18.2 Å². The number of aromatic nitrogens is 2. The minimum atomic E-state index is -3.93. The van der Waals surface area contributed by atoms with E-state index in [0.717, 1.165) is 11.5 Å². The summed E-state index contributed by atoms with van der Waals surface area (Å²) in [7, 11) is -3.93. The number of nitrogens with two attached hydrogens (primary N) is 1. The van der Waals surface area contributed by atoms with Gasteiger partial charge in [0, 0.05) is 30.0 Å². The molecular weight excluding hydrogens is 400 g/mol. The second-order valence-electron chi connectivity index (χ2n) is 5.11. The molecule has 0 radical (unpaired) electrons. The van der Waals surface area contributed by atoms with Crippen molar-refractivity contribution in [3.05, 3.63) is 52.8 Å². The standard InChI is InChI=1S/C15H17ClN4O4S2/c1-3-13(10-5-4-6-12(16)11(10)7-17)26(22,23)20-15-18-14(19-25-15)8-24-9(2)21/h3-6,13H,1,7-8,17H2,2H3,(H,18,19,20). The zero-order valence-electron chi connectivity index (χ0n) is 13.8. The second-order valence-corrected chi connectivity index (χ2v) is 8.07. The molecule has 1 aromatic heterocycles. The number of ether oxygens (including phenoxy) is 1. The molecule has 2 rings (SSSR count). The number of hydrogen-bond acceptors (Lipinski definition) is 8. The first-order chi connectivity index (χ1) is 12.3. The van der Waals surface area contributed by atoms with Crippen molar-refractivity contribution in [3.8, 4) is 0 Å². The van der Waals surface area contributed by atoms with Crippen LogP contribution in [0.25, 0.3) is 0 Å². The molecule has 0 aliphatic heterocycles. The summed E-state index contributed by atoms with van der Waals surface area (Å²) in [6, 6.07) is 4.91. The van der Waals surface area contributed by atoms with Gasteiger partial charge in [0.2, 0.25) is 15.2 Å². The lowest BCUT2D eigenvalue weighted by molar-refractivity contribution is -0.142. The van der Waals surface area contributed by atoms with Crippen molar-refractivity contribution in [1.82, 2.24) is 9.36 Å². The molecular formula is C15H17ClN4O4S2. The van der Waals surface area contributed by atoms with Gasteiger partial charge in [0.05, 0.1) is 0 Å². The highest BCUT2D eigenvalue weighted by Crippen LogP contribution is 2.32. The maximum atomic E-state index is 12.8. The minimum Gasteiger partial charge on any atom is -0.458 e. The monoisotopic (exact) mass is 416 g/mol. The van der Waals surface area contributed by atoms with Crippen molar-refractivity contribution in [3.63, 3.8) is 0 Å². The lowest BCUT2D eigenvalue weighted by Crippen LogP contribution is -2.21. The molecule has 3 N–H and O–H groups in total. The van der Waals surface area contributed by atoms with Gasteiger partial charge in [0.25, 0.3) is 0 Å². The van der Waals surface area contributed by atoms with Gasteiger partial charge in [-0.15, -0.1) is 6.58 Å². The first-order valence-corrected chi connectivity index (χ1v) is 10.1. The van der Waals surface area contributed by atoms with Crippen LogP contribution in [0.2, 0.25) is 5.02 Å². The number of hydrogen-bond donors (Lipinski definition) is 2. The van der Waals surface area contributed by atoms with Crippen molar-refractivity contribution < 1.29 is 17.9 Å². The summed E-state index contributed by atoms with van der Waals surface area (Å²) < 4.78 is 36.6. The lowest BCUT2D eigenvalue weighted by Gasteiger charge is -2.18. The van der Waals surface area contributed by atoms with Crippen LogP contribution in [0.4, 0.5) is 5.13 Å². The van der Waals surface area contributed by atoms with Crippen molar-refractivity contribution >= 4 is 44.3 Å². The van der Waals surface area contributed by atoms with Crippen molar-refractivity contribution in [2.24, 2.45) is 5.73 Å². The van der Waals surface area contributed by atoms with Gasteiger partial charge in [-0.1, -0.05) is 29.8 Å². The van der Waals surface area contributed by atoms with Gasteiger partial charge < -0.3 is 10.5 Å². The van der Waals surface area contributed by atoms with Gasteiger partial charge in [-0.2, -0.15) is 9.36 Å². The molecule has 1 aromatic carbocycles. The Labute approximate surface area is 160 Å². The Bertz CT molecular complexity index is 914. The van der Waals surface area contributed by atoms with Crippen LogP contribution in [0.15, 0.2) is 30.9 Å². The van der Waals surface area contributed by atoms with E-state index >= 15 is 0 Å². The summed E-state index contributed by atoms with van der Waals surface area (Å²) in [6.07, 6.45) is 1.29. The van der Waals surface area contributed by atoms with Crippen LogP contribution in [0.1, 0.15) is 29.1 Å². The number of anilines is 1. The van der Waals surface area contributed by atoms with Crippen LogP contribution in [-0.4, -0.2) is 23.7 Å². The number of carbonyl (C=O) groups excluding carboxylic acids is 1. The third-order valence-electron chi connectivity index (χ3n) is 3.32. The Hall–Kier alpha value is -2.01. The molecule has 1 atom stereocenters. The largest absolute Gasteiger partial charge is 0.458 e. The number of rotatable bonds is 8. The van der Waals surface area contributed by atoms with E-state index < -0.39 is 21.2 Å². The molecule has 0 aliphatic rings. The van der Waals surface area contributed by atoms with E-state index in [1.807, 2.05) is 0 Å². The summed E-state index contributed by atoms with van der Waals surface area (Å²) in [5, 5.41) is -0.650. The zero-order chi connectivity index (χ0) is 19.3. The smallest absolute Gasteiger partial charge is 0.303 e. The Morgan fingerprint density at radius 2 is 2.27 bits per heavy atom. The highest BCUT2D eigenvalue weighted by molar-refractivity contribution is 7.93. The molecule has 26 heavy (non-hydrogen) atoms. The van der Waals surface area contributed by atoms with Crippen molar-refractivity contribution in [2.45, 2.75) is 25.3 Å². The van der Waals surface area contributed by atoms with Crippen LogP contribution >= 0.6 is 23.1 Å². The van der Waals surface area contributed by atoms with E-state index in [0.29, 0.717) is 16.1 Å². The highest BCUT2D eigenvalue weighted by Gasteiger charge is 2.28. The number of halogens is 1. The fourth-order valence-corrected chi connectivity index (χ4v) is 4.60. The van der Waals surface area contributed by atoms with Crippen LogP contribution in [0.5, 0.6) is 0 Å². The highest BCUT2D eigenvalue weighted by atomic mass is 35.5. The van der Waals surface area contributed by atoms with Gasteiger partial charge in [0.15, 0.2) is 12.4 Å².